The van der Waals surface area contributed by atoms with Gasteiger partial charge < -0.3 is 15.0 Å². The third kappa shape index (κ3) is 7.32. The maximum atomic E-state index is 11.5. The molecular formula is C11H20N2O4. The minimum absolute atomic E-state index is 0.0424. The zero-order valence-corrected chi connectivity index (χ0v) is 10.6. The van der Waals surface area contributed by atoms with Gasteiger partial charge >= 0.3 is 5.97 Å². The Morgan fingerprint density at radius 3 is 2.35 bits per heavy atom. The number of esters is 1. The van der Waals surface area contributed by atoms with Crippen LogP contribution in [0, 0.1) is 0 Å². The van der Waals surface area contributed by atoms with Crippen LogP contribution in [0.5, 0.6) is 0 Å². The Kier molecular flexibility index (Phi) is 7.75. The quantitative estimate of drug-likeness (QED) is 0.636. The van der Waals surface area contributed by atoms with Crippen molar-refractivity contribution in [2.45, 2.75) is 26.7 Å². The molecule has 6 nitrogen and oxygen atoms in total. The van der Waals surface area contributed by atoms with Crippen LogP contribution in [0.4, 0.5) is 0 Å². The second kappa shape index (κ2) is 8.55. The highest BCUT2D eigenvalue weighted by Gasteiger charge is 2.13. The molecule has 2 amide bonds. The van der Waals surface area contributed by atoms with Gasteiger partial charge in [-0.1, -0.05) is 6.92 Å². The normalized spacial score (nSPS) is 9.59. The molecule has 0 rings (SSSR count). The van der Waals surface area contributed by atoms with Crippen molar-refractivity contribution in [1.29, 1.82) is 0 Å². The number of ether oxygens (including phenoxy) is 1. The van der Waals surface area contributed by atoms with Crippen molar-refractivity contribution in [2.24, 2.45) is 0 Å². The van der Waals surface area contributed by atoms with Gasteiger partial charge in [-0.2, -0.15) is 0 Å². The van der Waals surface area contributed by atoms with Crippen molar-refractivity contribution in [2.75, 3.05) is 26.7 Å². The summed E-state index contributed by atoms with van der Waals surface area (Å²) in [6.45, 7) is 4.29. The highest BCUT2D eigenvalue weighted by Crippen LogP contribution is 1.97. The van der Waals surface area contributed by atoms with Gasteiger partial charge in [0.05, 0.1) is 13.5 Å². The van der Waals surface area contributed by atoms with Gasteiger partial charge in [-0.25, -0.2) is 0 Å². The zero-order chi connectivity index (χ0) is 13.3. The van der Waals surface area contributed by atoms with Crippen molar-refractivity contribution >= 4 is 17.8 Å². The van der Waals surface area contributed by atoms with Crippen LogP contribution >= 0.6 is 0 Å². The molecule has 6 heteroatoms. The Balaban J connectivity index is 4.10. The van der Waals surface area contributed by atoms with Crippen molar-refractivity contribution in [3.05, 3.63) is 0 Å². The molecular weight excluding hydrogens is 224 g/mol. The molecule has 0 aromatic rings. The fourth-order valence-corrected chi connectivity index (χ4v) is 1.28. The molecule has 0 fully saturated rings. The highest BCUT2D eigenvalue weighted by atomic mass is 16.5. The fourth-order valence-electron chi connectivity index (χ4n) is 1.28. The molecule has 0 saturated carbocycles. The smallest absolute Gasteiger partial charge is 0.307 e. The lowest BCUT2D eigenvalue weighted by atomic mass is 10.3. The molecule has 0 unspecified atom stereocenters. The first kappa shape index (κ1) is 15.4. The summed E-state index contributed by atoms with van der Waals surface area (Å²) >= 11 is 0. The zero-order valence-electron chi connectivity index (χ0n) is 10.6. The third-order valence-corrected chi connectivity index (χ3v) is 2.22. The molecule has 0 radical (unpaired) electrons. The van der Waals surface area contributed by atoms with Gasteiger partial charge in [-0.3, -0.25) is 14.4 Å². The molecule has 0 bridgehead atoms. The molecule has 0 aliphatic carbocycles. The molecule has 0 aromatic carbocycles. The number of nitrogens with zero attached hydrogens (tertiary/aromatic N) is 1. The van der Waals surface area contributed by atoms with Crippen molar-refractivity contribution in [3.63, 3.8) is 0 Å². The summed E-state index contributed by atoms with van der Waals surface area (Å²) in [7, 11) is 1.31. The Morgan fingerprint density at radius 2 is 1.88 bits per heavy atom. The van der Waals surface area contributed by atoms with Crippen LogP contribution in [0.25, 0.3) is 0 Å². The molecule has 17 heavy (non-hydrogen) atoms. The number of carbonyl (C=O) groups excluding carboxylic acids is 3. The molecule has 98 valence electrons. The minimum Gasteiger partial charge on any atom is -0.469 e. The van der Waals surface area contributed by atoms with Crippen LogP contribution in [-0.4, -0.2) is 49.4 Å². The van der Waals surface area contributed by atoms with Gasteiger partial charge in [0, 0.05) is 33.0 Å². The van der Waals surface area contributed by atoms with E-state index in [2.05, 4.69) is 10.1 Å². The first-order valence-electron chi connectivity index (χ1n) is 5.60. The van der Waals surface area contributed by atoms with Gasteiger partial charge in [0.1, 0.15) is 0 Å². The summed E-state index contributed by atoms with van der Waals surface area (Å²) in [5, 5.41) is 2.61. The van der Waals surface area contributed by atoms with Crippen LogP contribution in [0.1, 0.15) is 26.7 Å². The van der Waals surface area contributed by atoms with E-state index in [1.807, 2.05) is 0 Å². The van der Waals surface area contributed by atoms with E-state index in [4.69, 9.17) is 0 Å². The van der Waals surface area contributed by atoms with Gasteiger partial charge in [0.25, 0.3) is 0 Å². The first-order chi connectivity index (χ1) is 8.01. The topological polar surface area (TPSA) is 75.7 Å². The second-order valence-electron chi connectivity index (χ2n) is 3.54. The second-order valence-corrected chi connectivity index (χ2v) is 3.54. The number of nitrogens with one attached hydrogen (secondary N) is 1. The van der Waals surface area contributed by atoms with Crippen molar-refractivity contribution < 1.29 is 19.1 Å². The number of carbonyl (C=O) groups is 3. The van der Waals surface area contributed by atoms with Crippen LogP contribution in [0.3, 0.4) is 0 Å². The summed E-state index contributed by atoms with van der Waals surface area (Å²) in [5.74, 6) is -0.528. The Hall–Kier alpha value is -1.59. The van der Waals surface area contributed by atoms with Crippen LogP contribution < -0.4 is 5.32 Å². The van der Waals surface area contributed by atoms with Crippen LogP contribution in [0.2, 0.25) is 0 Å². The lowest BCUT2D eigenvalue weighted by Gasteiger charge is -2.21. The Morgan fingerprint density at radius 1 is 1.24 bits per heavy atom. The van der Waals surface area contributed by atoms with E-state index >= 15 is 0 Å². The van der Waals surface area contributed by atoms with Gasteiger partial charge in [0.15, 0.2) is 0 Å². The largest absolute Gasteiger partial charge is 0.469 e. The summed E-state index contributed by atoms with van der Waals surface area (Å²) < 4.78 is 4.51. The molecule has 0 heterocycles. The number of hydrogen-bond acceptors (Lipinski definition) is 4. The summed E-state index contributed by atoms with van der Waals surface area (Å²) in [6.07, 6.45) is 0.545. The lowest BCUT2D eigenvalue weighted by Crippen LogP contribution is -2.39. The Labute approximate surface area is 101 Å². The van der Waals surface area contributed by atoms with Crippen LogP contribution in [0.15, 0.2) is 0 Å². The number of amides is 2. The average molecular weight is 244 g/mol. The number of hydrogen-bond donors (Lipinski definition) is 1. The molecule has 0 saturated heterocycles. The molecule has 0 aliphatic rings. The third-order valence-electron chi connectivity index (χ3n) is 2.22. The standard InChI is InChI=1S/C11H20N2O4/c1-4-10(15)13(7-5-11(16)17-3)8-6-12-9(2)14/h4-8H2,1-3H3,(H,12,14). The maximum absolute atomic E-state index is 11.5. The summed E-state index contributed by atoms with van der Waals surface area (Å²) in [5.41, 5.74) is 0. The van der Waals surface area contributed by atoms with Gasteiger partial charge in [0.2, 0.25) is 11.8 Å². The summed E-state index contributed by atoms with van der Waals surface area (Å²) in [4.78, 5) is 34.8. The van der Waals surface area contributed by atoms with E-state index in [1.165, 1.54) is 14.0 Å². The molecule has 1 N–H and O–H groups in total. The molecule has 0 aliphatic heterocycles. The minimum atomic E-state index is -0.349. The number of methoxy groups -OCH3 is 1. The van der Waals surface area contributed by atoms with E-state index in [-0.39, 0.29) is 24.2 Å². The lowest BCUT2D eigenvalue weighted by molar-refractivity contribution is -0.141. The van der Waals surface area contributed by atoms with Gasteiger partial charge in [-0.15, -0.1) is 0 Å². The predicted octanol–water partition coefficient (Wildman–Crippen LogP) is -0.0758. The average Bonchev–Trinajstić information content (AvgIpc) is 2.31. The SMILES string of the molecule is CCC(=O)N(CCNC(C)=O)CCC(=O)OC. The predicted molar refractivity (Wildman–Crippen MR) is 62.2 cm³/mol. The molecule has 0 atom stereocenters. The molecule has 0 aromatic heterocycles. The fraction of sp³-hybridized carbons (Fsp3) is 0.727. The Bertz CT molecular complexity index is 279. The summed E-state index contributed by atoms with van der Waals surface area (Å²) in [6, 6.07) is 0. The number of rotatable bonds is 7. The van der Waals surface area contributed by atoms with E-state index in [9.17, 15) is 14.4 Å². The van der Waals surface area contributed by atoms with E-state index < -0.39 is 0 Å². The maximum Gasteiger partial charge on any atom is 0.307 e. The van der Waals surface area contributed by atoms with E-state index in [1.54, 1.807) is 11.8 Å². The van der Waals surface area contributed by atoms with Crippen molar-refractivity contribution in [3.8, 4) is 0 Å². The van der Waals surface area contributed by atoms with Crippen molar-refractivity contribution in [1.82, 2.24) is 10.2 Å². The monoisotopic (exact) mass is 244 g/mol. The molecule has 0 spiro atoms. The van der Waals surface area contributed by atoms with Crippen LogP contribution in [-0.2, 0) is 19.1 Å². The van der Waals surface area contributed by atoms with E-state index in [0.29, 0.717) is 26.1 Å². The highest BCUT2D eigenvalue weighted by molar-refractivity contribution is 5.77. The van der Waals surface area contributed by atoms with Gasteiger partial charge in [-0.05, 0) is 0 Å². The van der Waals surface area contributed by atoms with E-state index in [0.717, 1.165) is 0 Å². The first-order valence-corrected chi connectivity index (χ1v) is 5.60.